The summed E-state index contributed by atoms with van der Waals surface area (Å²) in [6, 6.07) is 3.81. The highest BCUT2D eigenvalue weighted by molar-refractivity contribution is 5.76. The molecule has 3 aliphatic rings. The fourth-order valence-corrected chi connectivity index (χ4v) is 5.71. The number of hydrogen-bond acceptors (Lipinski definition) is 6. The van der Waals surface area contributed by atoms with Gasteiger partial charge in [0.05, 0.1) is 12.6 Å². The Morgan fingerprint density at radius 2 is 1.82 bits per heavy atom. The van der Waals surface area contributed by atoms with Crippen molar-refractivity contribution in [2.45, 2.75) is 65.0 Å². The molecule has 8 nitrogen and oxygen atoms in total. The van der Waals surface area contributed by atoms with E-state index in [4.69, 9.17) is 15.0 Å². The van der Waals surface area contributed by atoms with Gasteiger partial charge in [-0.3, -0.25) is 9.48 Å². The third-order valence-electron chi connectivity index (χ3n) is 7.66. The Labute approximate surface area is 229 Å². The van der Waals surface area contributed by atoms with E-state index in [1.165, 1.54) is 18.7 Å². The second kappa shape index (κ2) is 13.8. The monoisotopic (exact) mass is 545 g/mol. The summed E-state index contributed by atoms with van der Waals surface area (Å²) in [4.78, 5) is 27.3. The van der Waals surface area contributed by atoms with E-state index in [0.29, 0.717) is 24.7 Å². The van der Waals surface area contributed by atoms with Crippen molar-refractivity contribution >= 4 is 29.8 Å². The number of amides is 1. The number of piperidine rings is 1. The number of anilines is 2. The molecular weight excluding hydrogens is 504 g/mol. The molecule has 10 heteroatoms. The lowest BCUT2D eigenvalue weighted by atomic mass is 9.95. The van der Waals surface area contributed by atoms with Gasteiger partial charge in [0.25, 0.3) is 6.43 Å². The second-order valence-electron chi connectivity index (χ2n) is 10.0. The number of rotatable bonds is 4. The molecule has 5 rings (SSSR count). The Hall–Kier alpha value is -3.11. The molecule has 0 bridgehead atoms. The lowest BCUT2D eigenvalue weighted by Crippen LogP contribution is -2.36. The lowest BCUT2D eigenvalue weighted by molar-refractivity contribution is -0.129. The fraction of sp³-hybridized carbons (Fsp3) is 0.552. The fourth-order valence-electron chi connectivity index (χ4n) is 5.71. The maximum atomic E-state index is 13.9. The second-order valence-corrected chi connectivity index (χ2v) is 10.0. The molecule has 1 aromatic heterocycles. The Bertz CT molecular complexity index is 1160. The van der Waals surface area contributed by atoms with Crippen LogP contribution in [0.4, 0.5) is 20.3 Å². The summed E-state index contributed by atoms with van der Waals surface area (Å²) < 4.78 is 29.9. The molecule has 0 spiro atoms. The first-order valence-electron chi connectivity index (χ1n) is 13.5. The molecule has 1 aromatic carbocycles. The molecule has 0 aliphatic carbocycles. The molecule has 0 unspecified atom stereocenters. The lowest BCUT2D eigenvalue weighted by Gasteiger charge is -2.33. The van der Waals surface area contributed by atoms with Crippen molar-refractivity contribution in [3.05, 3.63) is 46.7 Å². The predicted molar refractivity (Wildman–Crippen MR) is 149 cm³/mol. The van der Waals surface area contributed by atoms with Crippen molar-refractivity contribution in [2.75, 3.05) is 45.2 Å². The molecule has 3 aliphatic heterocycles. The van der Waals surface area contributed by atoms with Crippen LogP contribution in [0.2, 0.25) is 0 Å². The highest BCUT2D eigenvalue weighted by Crippen LogP contribution is 2.41. The maximum Gasteiger partial charge on any atom is 0.264 e. The number of aryl methyl sites for hydroxylation is 1. The van der Waals surface area contributed by atoms with E-state index >= 15 is 0 Å². The zero-order valence-electron chi connectivity index (χ0n) is 23.5. The van der Waals surface area contributed by atoms with Gasteiger partial charge in [-0.1, -0.05) is 12.7 Å². The number of halogens is 2. The normalized spacial score (nSPS) is 17.3. The molecule has 1 N–H and O–H groups in total. The summed E-state index contributed by atoms with van der Waals surface area (Å²) in [7, 11) is 3.15. The zero-order valence-corrected chi connectivity index (χ0v) is 23.5. The third kappa shape index (κ3) is 6.55. The quantitative estimate of drug-likeness (QED) is 0.569. The Kier molecular flexibility index (Phi) is 10.8. The highest BCUT2D eigenvalue weighted by Gasteiger charge is 2.34. The summed E-state index contributed by atoms with van der Waals surface area (Å²) in [6.07, 6.45) is 4.30. The number of nitrogens with zero attached hydrogens (tertiary/aromatic N) is 5. The number of carbonyl (C=O) groups is 2. The molecule has 214 valence electrons. The molecule has 0 atom stereocenters. The van der Waals surface area contributed by atoms with Gasteiger partial charge < -0.3 is 24.6 Å². The number of likely N-dealkylation sites (tertiary alicyclic amines) is 1. The van der Waals surface area contributed by atoms with E-state index in [9.17, 15) is 13.6 Å². The van der Waals surface area contributed by atoms with Crippen molar-refractivity contribution in [2.24, 2.45) is 0 Å². The van der Waals surface area contributed by atoms with E-state index in [-0.39, 0.29) is 11.5 Å². The van der Waals surface area contributed by atoms with Gasteiger partial charge >= 0.3 is 0 Å². The van der Waals surface area contributed by atoms with Gasteiger partial charge in [0.2, 0.25) is 5.91 Å². The number of carbonyl (C=O) groups excluding carboxylic acids is 2. The number of alkyl halides is 2. The van der Waals surface area contributed by atoms with Crippen LogP contribution in [0.5, 0.6) is 0 Å². The molecule has 0 saturated carbocycles. The van der Waals surface area contributed by atoms with Gasteiger partial charge in [0.15, 0.2) is 5.82 Å². The van der Waals surface area contributed by atoms with Gasteiger partial charge in [-0.25, -0.2) is 8.78 Å². The molecule has 1 fully saturated rings. The van der Waals surface area contributed by atoms with Crippen molar-refractivity contribution < 1.29 is 23.5 Å². The Morgan fingerprint density at radius 1 is 1.15 bits per heavy atom. The number of aliphatic hydroxyl groups is 1. The largest absolute Gasteiger partial charge is 0.400 e. The van der Waals surface area contributed by atoms with E-state index in [1.807, 2.05) is 11.0 Å². The van der Waals surface area contributed by atoms with Crippen LogP contribution in [0.15, 0.2) is 18.7 Å². The van der Waals surface area contributed by atoms with Gasteiger partial charge in [0, 0.05) is 56.1 Å². The van der Waals surface area contributed by atoms with E-state index in [2.05, 4.69) is 28.1 Å². The van der Waals surface area contributed by atoms with Crippen molar-refractivity contribution in [3.8, 4) is 0 Å². The number of hydrogen-bond donors (Lipinski definition) is 1. The standard InChI is InChI=1S/C26H33F2N5O.C2H4O.CH4O/c1-4-18-14-19-6-5-10-32(24(19)15-21(18)25(27)28)26-22-16-31(17(2)34)13-9-23(22)33(29-26)20-7-11-30(3)12-8-20;1-2-3;1-2/h4,14-15,20,25H,1,5-13,16H2,2-3H3;2H,1H3;2H,1H3. The summed E-state index contributed by atoms with van der Waals surface area (Å²) in [6.45, 7) is 10.8. The maximum absolute atomic E-state index is 13.9. The van der Waals surface area contributed by atoms with Crippen LogP contribution in [-0.2, 0) is 29.0 Å². The van der Waals surface area contributed by atoms with Gasteiger partial charge in [-0.2, -0.15) is 5.10 Å². The smallest absolute Gasteiger partial charge is 0.264 e. The van der Waals surface area contributed by atoms with Crippen LogP contribution in [-0.4, -0.2) is 77.2 Å². The van der Waals surface area contributed by atoms with Crippen LogP contribution < -0.4 is 4.90 Å². The van der Waals surface area contributed by atoms with Crippen molar-refractivity contribution in [1.29, 1.82) is 0 Å². The zero-order chi connectivity index (χ0) is 28.7. The van der Waals surface area contributed by atoms with Crippen molar-refractivity contribution in [1.82, 2.24) is 19.6 Å². The molecule has 1 saturated heterocycles. The van der Waals surface area contributed by atoms with Gasteiger partial charge in [-0.05, 0) is 76.0 Å². The molecule has 39 heavy (non-hydrogen) atoms. The number of aromatic nitrogens is 2. The topological polar surface area (TPSA) is 81.9 Å². The minimum atomic E-state index is -2.57. The minimum absolute atomic E-state index is 0.00892. The average Bonchev–Trinajstić information content (AvgIpc) is 3.32. The number of benzene rings is 1. The number of aliphatic hydroxyl groups excluding tert-OH is 1. The Balaban J connectivity index is 0.000000787. The summed E-state index contributed by atoms with van der Waals surface area (Å²) >= 11 is 0. The SMILES string of the molecule is C=Cc1cc2c(cc1C(F)F)N(c1nn(C3CCN(C)CC3)c3c1CN(C(C)=O)CC3)CCC2.CC=O.CO. The molecule has 1 amide bonds. The number of aldehydes is 1. The molecule has 4 heterocycles. The molecule has 0 radical (unpaired) electrons. The van der Waals surface area contributed by atoms with E-state index < -0.39 is 6.43 Å². The predicted octanol–water partition coefficient (Wildman–Crippen LogP) is 4.53. The summed E-state index contributed by atoms with van der Waals surface area (Å²) in [5.74, 6) is 0.880. The van der Waals surface area contributed by atoms with Gasteiger partial charge in [0.1, 0.15) is 6.29 Å². The molecule has 2 aromatic rings. The van der Waals surface area contributed by atoms with Crippen LogP contribution in [0, 0.1) is 0 Å². The minimum Gasteiger partial charge on any atom is -0.400 e. The third-order valence-corrected chi connectivity index (χ3v) is 7.66. The first kappa shape index (κ1) is 30.4. The average molecular weight is 546 g/mol. The molecular formula is C29H41F2N5O3. The van der Waals surface area contributed by atoms with E-state index in [1.54, 1.807) is 13.0 Å². The summed E-state index contributed by atoms with van der Waals surface area (Å²) in [5.41, 5.74) is 4.63. The first-order valence-corrected chi connectivity index (χ1v) is 13.5. The van der Waals surface area contributed by atoms with Crippen molar-refractivity contribution in [3.63, 3.8) is 0 Å². The van der Waals surface area contributed by atoms with Crippen LogP contribution in [0.3, 0.4) is 0 Å². The van der Waals surface area contributed by atoms with E-state index in [0.717, 1.165) is 87.8 Å². The highest BCUT2D eigenvalue weighted by atomic mass is 19.3. The van der Waals surface area contributed by atoms with Crippen LogP contribution in [0.1, 0.15) is 73.5 Å². The Morgan fingerprint density at radius 3 is 2.41 bits per heavy atom. The summed E-state index contributed by atoms with van der Waals surface area (Å²) in [5, 5.41) is 12.2. The first-order chi connectivity index (χ1) is 18.8. The van der Waals surface area contributed by atoms with Crippen LogP contribution >= 0.6 is 0 Å². The number of fused-ring (bicyclic) bond motifs is 2. The van der Waals surface area contributed by atoms with Gasteiger partial charge in [-0.15, -0.1) is 0 Å². The van der Waals surface area contributed by atoms with Crippen LogP contribution in [0.25, 0.3) is 6.08 Å².